The van der Waals surface area contributed by atoms with Crippen molar-refractivity contribution in [2.45, 2.75) is 19.8 Å². The van der Waals surface area contributed by atoms with Crippen LogP contribution in [-0.4, -0.2) is 36.6 Å². The lowest BCUT2D eigenvalue weighted by atomic mass is 10.1. The number of benzene rings is 1. The molecule has 1 heterocycles. The smallest absolute Gasteiger partial charge is 0.0743 e. The lowest BCUT2D eigenvalue weighted by Crippen LogP contribution is -2.19. The molecule has 4 heteroatoms. The predicted molar refractivity (Wildman–Crippen MR) is 87.5 cm³/mol. The van der Waals surface area contributed by atoms with Crippen LogP contribution in [0.5, 0.6) is 0 Å². The number of fused-ring (bicyclic) bond motifs is 1. The van der Waals surface area contributed by atoms with E-state index in [1.54, 1.807) is 7.11 Å². The van der Waals surface area contributed by atoms with E-state index < -0.39 is 0 Å². The number of nitrogens with zero attached hydrogens (tertiary/aromatic N) is 2. The van der Waals surface area contributed by atoms with Gasteiger partial charge in [-0.1, -0.05) is 29.8 Å². The van der Waals surface area contributed by atoms with E-state index in [0.717, 1.165) is 38.2 Å². The number of aromatic nitrogens is 2. The number of nitrogens with one attached hydrogen (secondary N) is 1. The van der Waals surface area contributed by atoms with Gasteiger partial charge in [0.1, 0.15) is 0 Å². The fraction of sp³-hybridized carbons (Fsp3) is 0.471. The Labute approximate surface area is 126 Å². The molecule has 0 aliphatic heterocycles. The third-order valence-corrected chi connectivity index (χ3v) is 3.58. The van der Waals surface area contributed by atoms with Crippen molar-refractivity contribution in [2.24, 2.45) is 7.05 Å². The van der Waals surface area contributed by atoms with Crippen molar-refractivity contribution in [3.05, 3.63) is 41.6 Å². The van der Waals surface area contributed by atoms with Gasteiger partial charge >= 0.3 is 0 Å². The van der Waals surface area contributed by atoms with E-state index in [9.17, 15) is 0 Å². The number of ether oxygens (including phenoxy) is 1. The summed E-state index contributed by atoms with van der Waals surface area (Å²) in [5, 5.41) is 9.25. The van der Waals surface area contributed by atoms with Crippen molar-refractivity contribution >= 4 is 10.9 Å². The topological polar surface area (TPSA) is 39.1 Å². The molecular weight excluding hydrogens is 262 g/mol. The number of aryl methyl sites for hydroxylation is 1. The molecule has 0 amide bonds. The van der Waals surface area contributed by atoms with Gasteiger partial charge in [0, 0.05) is 32.5 Å². The Hall–Kier alpha value is -1.65. The van der Waals surface area contributed by atoms with E-state index in [2.05, 4.69) is 47.7 Å². The van der Waals surface area contributed by atoms with Crippen LogP contribution >= 0.6 is 0 Å². The summed E-state index contributed by atoms with van der Waals surface area (Å²) in [6, 6.07) is 8.40. The molecule has 0 radical (unpaired) electrons. The Bertz CT molecular complexity index is 601. The Morgan fingerprint density at radius 3 is 2.95 bits per heavy atom. The highest BCUT2D eigenvalue weighted by atomic mass is 16.5. The zero-order valence-electron chi connectivity index (χ0n) is 13.2. The first-order valence-electron chi connectivity index (χ1n) is 7.48. The summed E-state index contributed by atoms with van der Waals surface area (Å²) in [7, 11) is 3.73. The molecule has 21 heavy (non-hydrogen) atoms. The number of rotatable bonds is 8. The highest BCUT2D eigenvalue weighted by Crippen LogP contribution is 2.19. The van der Waals surface area contributed by atoms with Crippen LogP contribution in [0.2, 0.25) is 0 Å². The SMILES string of the molecule is COCCNCCC=C(C)Cc1nn(C)c2ccccc12. The summed E-state index contributed by atoms with van der Waals surface area (Å²) >= 11 is 0. The van der Waals surface area contributed by atoms with Gasteiger partial charge in [0.15, 0.2) is 0 Å². The maximum Gasteiger partial charge on any atom is 0.0743 e. The predicted octanol–water partition coefficient (Wildman–Crippen LogP) is 2.69. The second-order valence-electron chi connectivity index (χ2n) is 5.35. The van der Waals surface area contributed by atoms with Gasteiger partial charge in [-0.2, -0.15) is 5.10 Å². The average molecular weight is 287 g/mol. The molecule has 0 aliphatic carbocycles. The molecule has 0 bridgehead atoms. The second kappa shape index (κ2) is 7.96. The van der Waals surface area contributed by atoms with E-state index in [1.807, 2.05) is 11.7 Å². The summed E-state index contributed by atoms with van der Waals surface area (Å²) in [5.41, 5.74) is 3.73. The third kappa shape index (κ3) is 4.41. The number of para-hydroxylation sites is 1. The minimum Gasteiger partial charge on any atom is -0.383 e. The molecule has 4 nitrogen and oxygen atoms in total. The second-order valence-corrected chi connectivity index (χ2v) is 5.35. The summed E-state index contributed by atoms with van der Waals surface area (Å²) in [6.45, 7) is 4.85. The molecule has 0 saturated carbocycles. The van der Waals surface area contributed by atoms with Gasteiger partial charge in [-0.05, 0) is 26.0 Å². The fourth-order valence-corrected chi connectivity index (χ4v) is 2.48. The molecule has 1 aromatic carbocycles. The van der Waals surface area contributed by atoms with Crippen LogP contribution in [0.25, 0.3) is 10.9 Å². The minimum atomic E-state index is 0.766. The van der Waals surface area contributed by atoms with Gasteiger partial charge in [-0.15, -0.1) is 0 Å². The molecule has 0 atom stereocenters. The van der Waals surface area contributed by atoms with Gasteiger partial charge in [-0.3, -0.25) is 4.68 Å². The summed E-state index contributed by atoms with van der Waals surface area (Å²) < 4.78 is 6.97. The Morgan fingerprint density at radius 1 is 1.33 bits per heavy atom. The van der Waals surface area contributed by atoms with Crippen molar-refractivity contribution in [3.8, 4) is 0 Å². The van der Waals surface area contributed by atoms with Crippen LogP contribution in [0.15, 0.2) is 35.9 Å². The molecule has 2 aromatic rings. The molecule has 1 N–H and O–H groups in total. The van der Waals surface area contributed by atoms with E-state index >= 15 is 0 Å². The number of allylic oxidation sites excluding steroid dienone is 1. The number of hydrogen-bond acceptors (Lipinski definition) is 3. The van der Waals surface area contributed by atoms with Crippen molar-refractivity contribution in [1.82, 2.24) is 15.1 Å². The van der Waals surface area contributed by atoms with E-state index in [4.69, 9.17) is 4.74 Å². The normalized spacial score (nSPS) is 12.2. The molecule has 1 aromatic heterocycles. The molecule has 2 rings (SSSR count). The van der Waals surface area contributed by atoms with Crippen LogP contribution in [0, 0.1) is 0 Å². The number of hydrogen-bond donors (Lipinski definition) is 1. The standard InChI is InChI=1S/C17H25N3O/c1-14(7-6-10-18-11-12-21-3)13-16-15-8-4-5-9-17(15)20(2)19-16/h4-5,7-9,18H,6,10-13H2,1-3H3. The van der Waals surface area contributed by atoms with Crippen LogP contribution in [0.3, 0.4) is 0 Å². The monoisotopic (exact) mass is 287 g/mol. The molecule has 114 valence electrons. The lowest BCUT2D eigenvalue weighted by molar-refractivity contribution is 0.199. The molecule has 0 unspecified atom stereocenters. The number of methoxy groups -OCH3 is 1. The molecule has 0 fully saturated rings. The molecule has 0 aliphatic rings. The van der Waals surface area contributed by atoms with Crippen LogP contribution < -0.4 is 5.32 Å². The van der Waals surface area contributed by atoms with Gasteiger partial charge in [0.05, 0.1) is 17.8 Å². The van der Waals surface area contributed by atoms with E-state index in [-0.39, 0.29) is 0 Å². The highest BCUT2D eigenvalue weighted by Gasteiger charge is 2.07. The fourth-order valence-electron chi connectivity index (χ4n) is 2.48. The first kappa shape index (κ1) is 15.7. The highest BCUT2D eigenvalue weighted by molar-refractivity contribution is 5.82. The first-order chi connectivity index (χ1) is 10.2. The molecule has 0 saturated heterocycles. The summed E-state index contributed by atoms with van der Waals surface area (Å²) in [4.78, 5) is 0. The van der Waals surface area contributed by atoms with E-state index in [1.165, 1.54) is 16.5 Å². The Balaban J connectivity index is 1.90. The summed E-state index contributed by atoms with van der Waals surface area (Å²) in [5.74, 6) is 0. The quantitative estimate of drug-likeness (QED) is 0.599. The van der Waals surface area contributed by atoms with Crippen molar-refractivity contribution in [2.75, 3.05) is 26.8 Å². The Kier molecular flexibility index (Phi) is 5.96. The van der Waals surface area contributed by atoms with Gasteiger partial charge in [0.2, 0.25) is 0 Å². The summed E-state index contributed by atoms with van der Waals surface area (Å²) in [6.07, 6.45) is 4.25. The lowest BCUT2D eigenvalue weighted by Gasteiger charge is -2.02. The van der Waals surface area contributed by atoms with Crippen LogP contribution in [-0.2, 0) is 18.2 Å². The first-order valence-corrected chi connectivity index (χ1v) is 7.48. The van der Waals surface area contributed by atoms with Gasteiger partial charge in [0.25, 0.3) is 0 Å². The zero-order valence-corrected chi connectivity index (χ0v) is 13.2. The van der Waals surface area contributed by atoms with Crippen molar-refractivity contribution in [3.63, 3.8) is 0 Å². The maximum absolute atomic E-state index is 5.00. The van der Waals surface area contributed by atoms with Crippen LogP contribution in [0.1, 0.15) is 19.0 Å². The Morgan fingerprint density at radius 2 is 2.14 bits per heavy atom. The third-order valence-electron chi connectivity index (χ3n) is 3.58. The average Bonchev–Trinajstić information content (AvgIpc) is 2.80. The maximum atomic E-state index is 5.00. The van der Waals surface area contributed by atoms with Gasteiger partial charge < -0.3 is 10.1 Å². The van der Waals surface area contributed by atoms with Crippen molar-refractivity contribution < 1.29 is 4.74 Å². The van der Waals surface area contributed by atoms with Gasteiger partial charge in [-0.25, -0.2) is 0 Å². The zero-order chi connectivity index (χ0) is 15.1. The molecule has 0 spiro atoms. The molecular formula is C17H25N3O. The minimum absolute atomic E-state index is 0.766. The van der Waals surface area contributed by atoms with Crippen molar-refractivity contribution in [1.29, 1.82) is 0 Å². The van der Waals surface area contributed by atoms with E-state index in [0.29, 0.717) is 0 Å². The largest absolute Gasteiger partial charge is 0.383 e. The van der Waals surface area contributed by atoms with Crippen LogP contribution in [0.4, 0.5) is 0 Å².